The molecule has 1 aromatic rings. The maximum atomic E-state index is 7.71. The summed E-state index contributed by atoms with van der Waals surface area (Å²) in [5.41, 5.74) is 8.03. The lowest BCUT2D eigenvalue weighted by Gasteiger charge is -2.24. The van der Waals surface area contributed by atoms with Crippen molar-refractivity contribution in [2.75, 3.05) is 31.7 Å². The number of nitrogens with zero attached hydrogens (tertiary/aromatic N) is 3. The molecule has 0 aromatic carbocycles. The zero-order valence-electron chi connectivity index (χ0n) is 11.4. The van der Waals surface area contributed by atoms with Crippen LogP contribution in [0.5, 0.6) is 0 Å². The molecular formula is C12H21N5O. The van der Waals surface area contributed by atoms with E-state index in [1.807, 2.05) is 25.7 Å². The van der Waals surface area contributed by atoms with Gasteiger partial charge in [-0.2, -0.15) is 5.10 Å². The van der Waals surface area contributed by atoms with E-state index >= 15 is 0 Å². The van der Waals surface area contributed by atoms with Crippen LogP contribution in [-0.2, 0) is 4.74 Å². The van der Waals surface area contributed by atoms with Crippen molar-refractivity contribution in [1.82, 2.24) is 10.2 Å². The number of amidine groups is 1. The number of nitrogens with one attached hydrogen (secondary N) is 1. The number of nitrogens with two attached hydrogens (primary N) is 1. The molecule has 0 unspecified atom stereocenters. The van der Waals surface area contributed by atoms with Crippen molar-refractivity contribution in [3.8, 4) is 0 Å². The molecule has 1 aromatic heterocycles. The van der Waals surface area contributed by atoms with Crippen LogP contribution in [0.1, 0.15) is 23.7 Å². The average molecular weight is 251 g/mol. The monoisotopic (exact) mass is 251 g/mol. The summed E-state index contributed by atoms with van der Waals surface area (Å²) in [5.74, 6) is 0.682. The normalized spacial score (nSPS) is 10.4. The second kappa shape index (κ2) is 6.30. The topological polar surface area (TPSA) is 88.1 Å². The van der Waals surface area contributed by atoms with E-state index in [2.05, 4.69) is 10.2 Å². The molecule has 1 rings (SSSR count). The minimum Gasteiger partial charge on any atom is -0.384 e. The summed E-state index contributed by atoms with van der Waals surface area (Å²) < 4.78 is 5.08. The fraction of sp³-hybridized carbons (Fsp3) is 0.583. The van der Waals surface area contributed by atoms with E-state index in [4.69, 9.17) is 15.9 Å². The molecule has 0 fully saturated rings. The summed E-state index contributed by atoms with van der Waals surface area (Å²) in [6, 6.07) is 0. The van der Waals surface area contributed by atoms with Gasteiger partial charge in [-0.3, -0.25) is 5.41 Å². The standard InChI is InChI=1S/C12H21N5O/c1-5-17(6-7-18-4)12-10(11(13)14)8(2)9(3)15-16-12/h5-7H2,1-4H3,(H3,13,14). The molecule has 6 nitrogen and oxygen atoms in total. The van der Waals surface area contributed by atoms with Crippen LogP contribution in [0, 0.1) is 19.3 Å². The molecule has 0 radical (unpaired) electrons. The Kier molecular flexibility index (Phi) is 5.03. The van der Waals surface area contributed by atoms with Gasteiger partial charge in [0.25, 0.3) is 0 Å². The van der Waals surface area contributed by atoms with Crippen molar-refractivity contribution in [2.24, 2.45) is 5.73 Å². The van der Waals surface area contributed by atoms with E-state index in [-0.39, 0.29) is 5.84 Å². The van der Waals surface area contributed by atoms with Crippen LogP contribution < -0.4 is 10.6 Å². The molecule has 0 aliphatic rings. The van der Waals surface area contributed by atoms with Crippen molar-refractivity contribution < 1.29 is 4.74 Å². The SMILES string of the molecule is CCN(CCOC)c1nnc(C)c(C)c1C(=N)N. The summed E-state index contributed by atoms with van der Waals surface area (Å²) in [7, 11) is 1.66. The highest BCUT2D eigenvalue weighted by atomic mass is 16.5. The molecule has 0 amide bonds. The zero-order chi connectivity index (χ0) is 13.7. The maximum Gasteiger partial charge on any atom is 0.162 e. The molecule has 1 heterocycles. The highest BCUT2D eigenvalue weighted by Crippen LogP contribution is 2.21. The quantitative estimate of drug-likeness (QED) is 0.578. The van der Waals surface area contributed by atoms with Gasteiger partial charge in [0.2, 0.25) is 0 Å². The predicted molar refractivity (Wildman–Crippen MR) is 72.3 cm³/mol. The zero-order valence-corrected chi connectivity index (χ0v) is 11.4. The first-order valence-corrected chi connectivity index (χ1v) is 5.95. The number of aromatic nitrogens is 2. The van der Waals surface area contributed by atoms with Gasteiger partial charge in [0.05, 0.1) is 17.9 Å². The van der Waals surface area contributed by atoms with E-state index in [1.54, 1.807) is 7.11 Å². The van der Waals surface area contributed by atoms with Gasteiger partial charge in [0, 0.05) is 20.2 Å². The van der Waals surface area contributed by atoms with E-state index in [1.165, 1.54) is 0 Å². The third kappa shape index (κ3) is 2.95. The number of rotatable bonds is 6. The van der Waals surface area contributed by atoms with Crippen molar-refractivity contribution in [3.63, 3.8) is 0 Å². The number of anilines is 1. The van der Waals surface area contributed by atoms with E-state index < -0.39 is 0 Å². The summed E-state index contributed by atoms with van der Waals surface area (Å²) in [6.07, 6.45) is 0. The lowest BCUT2D eigenvalue weighted by Crippen LogP contribution is -2.31. The third-order valence-corrected chi connectivity index (χ3v) is 2.95. The fourth-order valence-electron chi connectivity index (χ4n) is 1.76. The number of likely N-dealkylation sites (N-methyl/N-ethyl adjacent to an activating group) is 1. The Hall–Kier alpha value is -1.69. The molecule has 0 atom stereocenters. The summed E-state index contributed by atoms with van der Waals surface area (Å²) in [6.45, 7) is 7.86. The molecule has 18 heavy (non-hydrogen) atoms. The Morgan fingerprint density at radius 2 is 2.06 bits per heavy atom. The summed E-state index contributed by atoms with van der Waals surface area (Å²) in [4.78, 5) is 2.01. The minimum absolute atomic E-state index is 0.0244. The van der Waals surface area contributed by atoms with Gasteiger partial charge in [0.1, 0.15) is 5.84 Å². The maximum absolute atomic E-state index is 7.71. The van der Waals surface area contributed by atoms with Gasteiger partial charge in [-0.15, -0.1) is 5.10 Å². The molecule has 3 N–H and O–H groups in total. The highest BCUT2D eigenvalue weighted by molar-refractivity contribution is 6.01. The first kappa shape index (κ1) is 14.4. The predicted octanol–water partition coefficient (Wildman–Crippen LogP) is 0.850. The molecule has 100 valence electrons. The second-order valence-corrected chi connectivity index (χ2v) is 4.10. The third-order valence-electron chi connectivity index (χ3n) is 2.95. The lowest BCUT2D eigenvalue weighted by molar-refractivity contribution is 0.205. The Morgan fingerprint density at radius 1 is 1.39 bits per heavy atom. The van der Waals surface area contributed by atoms with Gasteiger partial charge >= 0.3 is 0 Å². The first-order chi connectivity index (χ1) is 8.52. The van der Waals surface area contributed by atoms with Crippen molar-refractivity contribution in [3.05, 3.63) is 16.8 Å². The number of methoxy groups -OCH3 is 1. The van der Waals surface area contributed by atoms with Crippen LogP contribution in [0.15, 0.2) is 0 Å². The van der Waals surface area contributed by atoms with Gasteiger partial charge in [-0.1, -0.05) is 0 Å². The number of ether oxygens (including phenoxy) is 1. The molecule has 0 aliphatic carbocycles. The van der Waals surface area contributed by atoms with Crippen molar-refractivity contribution >= 4 is 11.7 Å². The highest BCUT2D eigenvalue weighted by Gasteiger charge is 2.18. The molecule has 0 saturated heterocycles. The van der Waals surface area contributed by atoms with E-state index in [9.17, 15) is 0 Å². The Bertz CT molecular complexity index is 433. The number of hydrogen-bond donors (Lipinski definition) is 2. The number of hydrogen-bond acceptors (Lipinski definition) is 5. The molecule has 0 bridgehead atoms. The fourth-order valence-corrected chi connectivity index (χ4v) is 1.76. The van der Waals surface area contributed by atoms with Crippen LogP contribution in [0.4, 0.5) is 5.82 Å². The van der Waals surface area contributed by atoms with Gasteiger partial charge in [0.15, 0.2) is 5.82 Å². The Labute approximate surface area is 108 Å². The van der Waals surface area contributed by atoms with Gasteiger partial charge < -0.3 is 15.4 Å². The summed E-state index contributed by atoms with van der Waals surface area (Å²) >= 11 is 0. The van der Waals surface area contributed by atoms with E-state index in [0.717, 1.165) is 17.8 Å². The van der Waals surface area contributed by atoms with Crippen LogP contribution in [0.3, 0.4) is 0 Å². The average Bonchev–Trinajstić information content (AvgIpc) is 2.34. The largest absolute Gasteiger partial charge is 0.384 e. The van der Waals surface area contributed by atoms with Crippen molar-refractivity contribution in [1.29, 1.82) is 5.41 Å². The molecule has 0 aliphatic heterocycles. The van der Waals surface area contributed by atoms with Gasteiger partial charge in [-0.25, -0.2) is 0 Å². The Morgan fingerprint density at radius 3 is 2.56 bits per heavy atom. The smallest absolute Gasteiger partial charge is 0.162 e. The van der Waals surface area contributed by atoms with Gasteiger partial charge in [-0.05, 0) is 26.3 Å². The second-order valence-electron chi connectivity index (χ2n) is 4.10. The number of aryl methyl sites for hydroxylation is 1. The van der Waals surface area contributed by atoms with Crippen molar-refractivity contribution in [2.45, 2.75) is 20.8 Å². The molecule has 0 saturated carbocycles. The van der Waals surface area contributed by atoms with E-state index in [0.29, 0.717) is 24.5 Å². The first-order valence-electron chi connectivity index (χ1n) is 5.95. The lowest BCUT2D eigenvalue weighted by atomic mass is 10.1. The minimum atomic E-state index is 0.0244. The van der Waals surface area contributed by atoms with Crippen LogP contribution in [0.2, 0.25) is 0 Å². The van der Waals surface area contributed by atoms with Crippen LogP contribution in [0.25, 0.3) is 0 Å². The summed E-state index contributed by atoms with van der Waals surface area (Å²) in [5, 5.41) is 16.0. The molecule has 0 spiro atoms. The van der Waals surface area contributed by atoms with Crippen LogP contribution in [-0.4, -0.2) is 42.8 Å². The number of nitrogen functional groups attached to an aromatic ring is 1. The molecule has 6 heteroatoms. The van der Waals surface area contributed by atoms with Crippen LogP contribution >= 0.6 is 0 Å². The molecular weight excluding hydrogens is 230 g/mol. The Balaban J connectivity index is 3.21.